The van der Waals surface area contributed by atoms with Crippen molar-refractivity contribution in [2.45, 2.75) is 44.6 Å². The fourth-order valence-corrected chi connectivity index (χ4v) is 4.11. The van der Waals surface area contributed by atoms with Gasteiger partial charge in [0, 0.05) is 37.2 Å². The van der Waals surface area contributed by atoms with Crippen LogP contribution in [-0.4, -0.2) is 66.4 Å². The second-order valence-electron chi connectivity index (χ2n) is 7.78. The van der Waals surface area contributed by atoms with Gasteiger partial charge in [-0.2, -0.15) is 0 Å². The molecule has 29 heavy (non-hydrogen) atoms. The largest absolute Gasteiger partial charge is 0.340 e. The molecule has 0 radical (unpaired) electrons. The van der Waals surface area contributed by atoms with Crippen molar-refractivity contribution in [3.63, 3.8) is 0 Å². The Morgan fingerprint density at radius 3 is 2.38 bits per heavy atom. The second kappa shape index (κ2) is 10.6. The van der Waals surface area contributed by atoms with Crippen molar-refractivity contribution in [3.8, 4) is 0 Å². The molecule has 0 aromatic heterocycles. The Bertz CT molecular complexity index is 728. The number of rotatable bonds is 5. The lowest BCUT2D eigenvalue weighted by atomic mass is 9.96. The summed E-state index contributed by atoms with van der Waals surface area (Å²) >= 11 is 6.13. The van der Waals surface area contributed by atoms with Crippen LogP contribution < -0.4 is 10.6 Å². The highest BCUT2D eigenvalue weighted by atomic mass is 35.5. The summed E-state index contributed by atoms with van der Waals surface area (Å²) in [5.41, 5.74) is 0.824. The van der Waals surface area contributed by atoms with E-state index in [0.29, 0.717) is 31.2 Å². The van der Waals surface area contributed by atoms with Crippen LogP contribution in [0.15, 0.2) is 24.3 Å². The van der Waals surface area contributed by atoms with Crippen LogP contribution in [0.1, 0.15) is 37.7 Å². The molecule has 3 rings (SSSR count). The number of hydrogen-bond donors (Lipinski definition) is 2. The molecular weight excluding hydrogens is 392 g/mol. The van der Waals surface area contributed by atoms with Crippen LogP contribution in [0.2, 0.25) is 5.02 Å². The molecule has 1 aromatic carbocycles. The highest BCUT2D eigenvalue weighted by Gasteiger charge is 2.24. The first-order valence-corrected chi connectivity index (χ1v) is 10.7. The minimum absolute atomic E-state index is 0.0362. The maximum atomic E-state index is 12.5. The predicted octanol–water partition coefficient (Wildman–Crippen LogP) is 2.19. The number of nitrogens with one attached hydrogen (secondary N) is 2. The van der Waals surface area contributed by atoms with Crippen molar-refractivity contribution in [1.82, 2.24) is 20.4 Å². The molecule has 1 saturated carbocycles. The third-order valence-electron chi connectivity index (χ3n) is 5.59. The highest BCUT2D eigenvalue weighted by Crippen LogP contribution is 2.18. The molecule has 8 heteroatoms. The molecule has 2 aliphatic rings. The van der Waals surface area contributed by atoms with Crippen molar-refractivity contribution in [3.05, 3.63) is 34.9 Å². The van der Waals surface area contributed by atoms with Crippen molar-refractivity contribution in [1.29, 1.82) is 0 Å². The Kier molecular flexibility index (Phi) is 7.89. The van der Waals surface area contributed by atoms with Gasteiger partial charge in [-0.15, -0.1) is 0 Å². The Hall–Kier alpha value is -2.12. The first-order valence-electron chi connectivity index (χ1n) is 10.3. The lowest BCUT2D eigenvalue weighted by Gasteiger charge is -2.34. The molecule has 2 N–H and O–H groups in total. The molecule has 0 spiro atoms. The summed E-state index contributed by atoms with van der Waals surface area (Å²) in [6, 6.07) is 7.12. The molecule has 7 nitrogen and oxygen atoms in total. The van der Waals surface area contributed by atoms with Gasteiger partial charge in [-0.3, -0.25) is 19.8 Å². The maximum absolute atomic E-state index is 12.5. The lowest BCUT2D eigenvalue weighted by molar-refractivity contribution is -0.132. The SMILES string of the molecule is O=C(CN1CCN(C(=O)Cc2ccccc2Cl)CC1)NC(=O)NC1CCCCC1. The first-order chi connectivity index (χ1) is 14.0. The van der Waals surface area contributed by atoms with E-state index in [0.717, 1.165) is 31.2 Å². The van der Waals surface area contributed by atoms with Gasteiger partial charge >= 0.3 is 6.03 Å². The van der Waals surface area contributed by atoms with Gasteiger partial charge in [0.2, 0.25) is 11.8 Å². The van der Waals surface area contributed by atoms with Gasteiger partial charge in [-0.05, 0) is 24.5 Å². The minimum atomic E-state index is -0.407. The topological polar surface area (TPSA) is 81.8 Å². The van der Waals surface area contributed by atoms with Gasteiger partial charge in [-0.25, -0.2) is 4.79 Å². The van der Waals surface area contributed by atoms with E-state index >= 15 is 0 Å². The number of piperazine rings is 1. The fraction of sp³-hybridized carbons (Fsp3) is 0.571. The van der Waals surface area contributed by atoms with Crippen molar-refractivity contribution >= 4 is 29.4 Å². The minimum Gasteiger partial charge on any atom is -0.340 e. The number of urea groups is 1. The van der Waals surface area contributed by atoms with Crippen molar-refractivity contribution in [2.24, 2.45) is 0 Å². The number of halogens is 1. The number of carbonyl (C=O) groups is 3. The van der Waals surface area contributed by atoms with Gasteiger partial charge in [0.15, 0.2) is 0 Å². The van der Waals surface area contributed by atoms with Crippen molar-refractivity contribution < 1.29 is 14.4 Å². The molecule has 1 saturated heterocycles. The maximum Gasteiger partial charge on any atom is 0.321 e. The van der Waals surface area contributed by atoms with Crippen molar-refractivity contribution in [2.75, 3.05) is 32.7 Å². The standard InChI is InChI=1S/C21H29ClN4O3/c22-18-9-5-4-6-16(18)14-20(28)26-12-10-25(11-13-26)15-19(27)24-21(29)23-17-7-2-1-3-8-17/h4-6,9,17H,1-3,7-8,10-15H2,(H2,23,24,27,29). The molecule has 0 atom stereocenters. The molecule has 1 aromatic rings. The van der Waals surface area contributed by atoms with E-state index in [1.54, 1.807) is 11.0 Å². The molecule has 1 heterocycles. The van der Waals surface area contributed by atoms with E-state index in [4.69, 9.17) is 11.6 Å². The molecular formula is C21H29ClN4O3. The predicted molar refractivity (Wildman–Crippen MR) is 112 cm³/mol. The van der Waals surface area contributed by atoms with E-state index in [9.17, 15) is 14.4 Å². The average molecular weight is 421 g/mol. The summed E-state index contributed by atoms with van der Waals surface area (Å²) < 4.78 is 0. The summed E-state index contributed by atoms with van der Waals surface area (Å²) in [6.07, 6.45) is 5.70. The van der Waals surface area contributed by atoms with E-state index < -0.39 is 6.03 Å². The Morgan fingerprint density at radius 1 is 1.00 bits per heavy atom. The highest BCUT2D eigenvalue weighted by molar-refractivity contribution is 6.31. The number of nitrogens with zero attached hydrogens (tertiary/aromatic N) is 2. The van der Waals surface area contributed by atoms with Gasteiger partial charge in [0.25, 0.3) is 0 Å². The molecule has 0 bridgehead atoms. The zero-order valence-electron chi connectivity index (χ0n) is 16.7. The van der Waals surface area contributed by atoms with Crippen LogP contribution in [0.5, 0.6) is 0 Å². The summed E-state index contributed by atoms with van der Waals surface area (Å²) in [4.78, 5) is 40.4. The second-order valence-corrected chi connectivity index (χ2v) is 8.19. The van der Waals surface area contributed by atoms with Crippen LogP contribution >= 0.6 is 11.6 Å². The summed E-state index contributed by atoms with van der Waals surface area (Å²) in [6.45, 7) is 2.48. The summed E-state index contributed by atoms with van der Waals surface area (Å²) in [5, 5.41) is 5.90. The van der Waals surface area contributed by atoms with E-state index in [1.807, 2.05) is 23.1 Å². The Balaban J connectivity index is 1.36. The first kappa shape index (κ1) is 21.6. The molecule has 1 aliphatic heterocycles. The van der Waals surface area contributed by atoms with E-state index in [2.05, 4.69) is 10.6 Å². The van der Waals surface area contributed by atoms with Crippen LogP contribution in [0.25, 0.3) is 0 Å². The fourth-order valence-electron chi connectivity index (χ4n) is 3.91. The third kappa shape index (κ3) is 6.72. The van der Waals surface area contributed by atoms with Crippen LogP contribution in [0, 0.1) is 0 Å². The molecule has 0 unspecified atom stereocenters. The van der Waals surface area contributed by atoms with E-state index in [1.165, 1.54) is 6.42 Å². The number of imide groups is 1. The Morgan fingerprint density at radius 2 is 1.69 bits per heavy atom. The monoisotopic (exact) mass is 420 g/mol. The van der Waals surface area contributed by atoms with Gasteiger partial charge in [0.05, 0.1) is 13.0 Å². The van der Waals surface area contributed by atoms with Gasteiger partial charge in [0.1, 0.15) is 0 Å². The van der Waals surface area contributed by atoms with E-state index in [-0.39, 0.29) is 30.8 Å². The molecule has 1 aliphatic carbocycles. The van der Waals surface area contributed by atoms with Gasteiger partial charge < -0.3 is 10.2 Å². The number of benzene rings is 1. The van der Waals surface area contributed by atoms with Crippen LogP contribution in [0.4, 0.5) is 4.79 Å². The average Bonchev–Trinajstić information content (AvgIpc) is 2.70. The van der Waals surface area contributed by atoms with Crippen LogP contribution in [0.3, 0.4) is 0 Å². The third-order valence-corrected chi connectivity index (χ3v) is 5.95. The molecule has 158 valence electrons. The zero-order valence-corrected chi connectivity index (χ0v) is 17.4. The summed E-state index contributed by atoms with van der Waals surface area (Å²) in [7, 11) is 0. The normalized spacial score (nSPS) is 18.3. The quantitative estimate of drug-likeness (QED) is 0.765. The smallest absolute Gasteiger partial charge is 0.321 e. The number of amides is 4. The molecule has 4 amide bonds. The lowest BCUT2D eigenvalue weighted by Crippen LogP contribution is -2.53. The Labute approximate surface area is 176 Å². The van der Waals surface area contributed by atoms with Gasteiger partial charge in [-0.1, -0.05) is 49.1 Å². The number of hydrogen-bond acceptors (Lipinski definition) is 4. The van der Waals surface area contributed by atoms with Crippen LogP contribution in [-0.2, 0) is 16.0 Å². The zero-order chi connectivity index (χ0) is 20.6. The summed E-state index contributed by atoms with van der Waals surface area (Å²) in [5.74, 6) is -0.275. The molecule has 2 fully saturated rings. The number of carbonyl (C=O) groups excluding carboxylic acids is 3.